The van der Waals surface area contributed by atoms with Crippen LogP contribution in [0.5, 0.6) is 0 Å². The fraction of sp³-hybridized carbons (Fsp3) is 0.200. The smallest absolute Gasteiger partial charge is 0.224 e. The van der Waals surface area contributed by atoms with Crippen LogP contribution in [0.3, 0.4) is 0 Å². The molecule has 0 radical (unpaired) electrons. The molecule has 0 saturated carbocycles. The Morgan fingerprint density at radius 1 is 1.64 bits per heavy atom. The standard InChI is InChI=1S/C5H5N5S/c1(5-7-3-9-11-5)10-4-6-2-8-10/h2-4H,1H2/p+1. The third-order valence-corrected chi connectivity index (χ3v) is 1.86. The Labute approximate surface area is 66.9 Å². The lowest BCUT2D eigenvalue weighted by Crippen LogP contribution is -2.35. The minimum Gasteiger partial charge on any atom is -0.224 e. The Hall–Kier alpha value is -1.30. The molecule has 0 fully saturated rings. The van der Waals surface area contributed by atoms with Gasteiger partial charge in [0.25, 0.3) is 0 Å². The summed E-state index contributed by atoms with van der Waals surface area (Å²) in [5.41, 5.74) is 0. The van der Waals surface area contributed by atoms with Crippen LogP contribution in [0.2, 0.25) is 0 Å². The number of hydrogen-bond acceptors (Lipinski definition) is 4. The first-order valence-electron chi connectivity index (χ1n) is 3.08. The van der Waals surface area contributed by atoms with E-state index in [0.29, 0.717) is 6.54 Å². The van der Waals surface area contributed by atoms with Crippen LogP contribution in [0, 0.1) is 0 Å². The summed E-state index contributed by atoms with van der Waals surface area (Å²) in [7, 11) is 0. The van der Waals surface area contributed by atoms with Crippen LogP contribution in [0.15, 0.2) is 19.0 Å². The summed E-state index contributed by atoms with van der Waals surface area (Å²) in [5.74, 6) is 0. The Bertz CT molecular complexity index is 267. The van der Waals surface area contributed by atoms with Gasteiger partial charge in [0.1, 0.15) is 6.33 Å². The van der Waals surface area contributed by atoms with E-state index < -0.39 is 0 Å². The van der Waals surface area contributed by atoms with Crippen molar-refractivity contribution >= 4 is 11.5 Å². The minimum atomic E-state index is 0.713. The first kappa shape index (κ1) is 6.41. The number of aromatic amines is 1. The van der Waals surface area contributed by atoms with Crippen molar-refractivity contribution in [3.8, 4) is 0 Å². The number of nitrogens with one attached hydrogen (secondary N) is 1. The van der Waals surface area contributed by atoms with Crippen molar-refractivity contribution < 1.29 is 4.68 Å². The SMILES string of the molecule is c1nsc(C[n+]2cnc[nH]2)n1. The van der Waals surface area contributed by atoms with Gasteiger partial charge in [-0.15, -0.1) is 0 Å². The highest BCUT2D eigenvalue weighted by molar-refractivity contribution is 7.05. The lowest BCUT2D eigenvalue weighted by molar-refractivity contribution is -0.743. The molecule has 0 bridgehead atoms. The van der Waals surface area contributed by atoms with Gasteiger partial charge >= 0.3 is 6.33 Å². The summed E-state index contributed by atoms with van der Waals surface area (Å²) in [6.07, 6.45) is 4.89. The fourth-order valence-corrected chi connectivity index (χ4v) is 1.26. The average molecular weight is 168 g/mol. The lowest BCUT2D eigenvalue weighted by atomic mass is 10.7. The van der Waals surface area contributed by atoms with Gasteiger partial charge in [-0.2, -0.15) is 14.2 Å². The molecule has 0 aliphatic rings. The molecule has 11 heavy (non-hydrogen) atoms. The molecule has 0 atom stereocenters. The zero-order valence-electron chi connectivity index (χ0n) is 5.64. The number of hydrogen-bond donors (Lipinski definition) is 1. The molecule has 2 aromatic rings. The van der Waals surface area contributed by atoms with Gasteiger partial charge in [-0.1, -0.05) is 0 Å². The van der Waals surface area contributed by atoms with E-state index in [2.05, 4.69) is 19.4 Å². The summed E-state index contributed by atoms with van der Waals surface area (Å²) < 4.78 is 5.72. The van der Waals surface area contributed by atoms with Crippen molar-refractivity contribution in [1.29, 1.82) is 0 Å². The maximum absolute atomic E-state index is 4.03. The van der Waals surface area contributed by atoms with Crippen LogP contribution in [0.1, 0.15) is 5.01 Å². The molecule has 2 aromatic heterocycles. The highest BCUT2D eigenvalue weighted by Gasteiger charge is 2.02. The molecular weight excluding hydrogens is 162 g/mol. The van der Waals surface area contributed by atoms with Crippen molar-refractivity contribution in [2.45, 2.75) is 6.54 Å². The van der Waals surface area contributed by atoms with Crippen molar-refractivity contribution in [1.82, 2.24) is 19.4 Å². The van der Waals surface area contributed by atoms with Crippen LogP contribution < -0.4 is 4.68 Å². The predicted octanol–water partition coefficient (Wildman–Crippen LogP) is -0.403. The van der Waals surface area contributed by atoms with Crippen molar-refractivity contribution in [3.05, 3.63) is 24.0 Å². The molecule has 0 unspecified atom stereocenters. The second kappa shape index (κ2) is 2.75. The summed E-state index contributed by atoms with van der Waals surface area (Å²) in [5, 5.41) is 3.89. The van der Waals surface area contributed by atoms with E-state index >= 15 is 0 Å². The van der Waals surface area contributed by atoms with E-state index in [1.807, 2.05) is 4.68 Å². The number of H-pyrrole nitrogens is 1. The number of rotatable bonds is 2. The van der Waals surface area contributed by atoms with E-state index in [-0.39, 0.29) is 0 Å². The van der Waals surface area contributed by atoms with Crippen molar-refractivity contribution in [2.75, 3.05) is 0 Å². The lowest BCUT2D eigenvalue weighted by Gasteiger charge is -1.86. The highest BCUT2D eigenvalue weighted by atomic mass is 32.1. The highest BCUT2D eigenvalue weighted by Crippen LogP contribution is 1.96. The molecular formula is C5H6N5S+. The minimum absolute atomic E-state index is 0.713. The zero-order valence-corrected chi connectivity index (χ0v) is 6.45. The molecule has 2 rings (SSSR count). The first-order valence-corrected chi connectivity index (χ1v) is 3.86. The second-order valence-electron chi connectivity index (χ2n) is 1.99. The third kappa shape index (κ3) is 1.40. The molecule has 0 spiro atoms. The Kier molecular flexibility index (Phi) is 1.60. The molecule has 0 aliphatic carbocycles. The molecule has 1 N–H and O–H groups in total. The van der Waals surface area contributed by atoms with Gasteiger partial charge in [-0.25, -0.2) is 4.98 Å². The second-order valence-corrected chi connectivity index (χ2v) is 2.85. The van der Waals surface area contributed by atoms with Crippen LogP contribution in [-0.4, -0.2) is 19.4 Å². The van der Waals surface area contributed by atoms with Crippen molar-refractivity contribution in [3.63, 3.8) is 0 Å². The summed E-state index contributed by atoms with van der Waals surface area (Å²) in [4.78, 5) is 7.90. The number of nitrogens with zero attached hydrogens (tertiary/aromatic N) is 4. The molecule has 5 nitrogen and oxygen atoms in total. The monoisotopic (exact) mass is 168 g/mol. The van der Waals surface area contributed by atoms with Gasteiger partial charge in [0.2, 0.25) is 6.33 Å². The molecule has 56 valence electrons. The normalized spacial score (nSPS) is 10.2. The molecule has 6 heteroatoms. The van der Waals surface area contributed by atoms with Gasteiger partial charge in [0.05, 0.1) is 0 Å². The topological polar surface area (TPSA) is 58.3 Å². The summed E-state index contributed by atoms with van der Waals surface area (Å²) in [6, 6.07) is 0. The van der Waals surface area contributed by atoms with Crippen molar-refractivity contribution in [2.24, 2.45) is 0 Å². The van der Waals surface area contributed by atoms with Crippen LogP contribution >= 0.6 is 11.5 Å². The summed E-state index contributed by atoms with van der Waals surface area (Å²) >= 11 is 1.39. The van der Waals surface area contributed by atoms with Gasteiger partial charge in [0, 0.05) is 0 Å². The molecule has 2 heterocycles. The largest absolute Gasteiger partial charge is 0.307 e. The first-order chi connectivity index (χ1) is 5.45. The van der Waals surface area contributed by atoms with Gasteiger partial charge in [-0.3, -0.25) is 0 Å². The fourth-order valence-electron chi connectivity index (χ4n) is 0.752. The molecule has 0 aromatic carbocycles. The Balaban J connectivity index is 2.14. The van der Waals surface area contributed by atoms with Crippen LogP contribution in [0.25, 0.3) is 0 Å². The van der Waals surface area contributed by atoms with E-state index in [4.69, 9.17) is 0 Å². The van der Waals surface area contributed by atoms with E-state index in [1.54, 1.807) is 19.0 Å². The van der Waals surface area contributed by atoms with Gasteiger partial charge in [-0.05, 0) is 16.5 Å². The zero-order chi connectivity index (χ0) is 7.52. The van der Waals surface area contributed by atoms with E-state index in [9.17, 15) is 0 Å². The summed E-state index contributed by atoms with van der Waals surface area (Å²) in [6.45, 7) is 0.713. The molecule has 0 aliphatic heterocycles. The van der Waals surface area contributed by atoms with E-state index in [1.165, 1.54) is 11.5 Å². The van der Waals surface area contributed by atoms with Crippen LogP contribution in [0.4, 0.5) is 0 Å². The Morgan fingerprint density at radius 2 is 2.64 bits per heavy atom. The predicted molar refractivity (Wildman–Crippen MR) is 37.8 cm³/mol. The Morgan fingerprint density at radius 3 is 3.27 bits per heavy atom. The third-order valence-electron chi connectivity index (χ3n) is 1.22. The molecule has 0 saturated heterocycles. The maximum atomic E-state index is 4.03. The van der Waals surface area contributed by atoms with E-state index in [0.717, 1.165) is 5.01 Å². The molecule has 0 amide bonds. The average Bonchev–Trinajstić information content (AvgIpc) is 2.60. The maximum Gasteiger partial charge on any atom is 0.307 e. The van der Waals surface area contributed by atoms with Gasteiger partial charge < -0.3 is 0 Å². The van der Waals surface area contributed by atoms with Crippen LogP contribution in [-0.2, 0) is 6.54 Å². The van der Waals surface area contributed by atoms with Gasteiger partial charge in [0.15, 0.2) is 11.6 Å². The number of aromatic nitrogens is 5. The quantitative estimate of drug-likeness (QED) is 0.620.